The highest BCUT2D eigenvalue weighted by molar-refractivity contribution is 7.89. The summed E-state index contributed by atoms with van der Waals surface area (Å²) in [5.41, 5.74) is 4.71. The van der Waals surface area contributed by atoms with Gasteiger partial charge in [0.25, 0.3) is 0 Å². The number of carbonyl (C=O) groups is 2. The summed E-state index contributed by atoms with van der Waals surface area (Å²) >= 11 is 13.3. The molecule has 1 atom stereocenters. The Morgan fingerprint density at radius 2 is 1.79 bits per heavy atom. The van der Waals surface area contributed by atoms with Crippen molar-refractivity contribution in [3.8, 4) is 5.75 Å². The number of benzene rings is 3. The van der Waals surface area contributed by atoms with Crippen molar-refractivity contribution in [2.75, 3.05) is 26.2 Å². The first kappa shape index (κ1) is 37.5. The second-order valence-electron chi connectivity index (χ2n) is 13.4. The minimum Gasteiger partial charge on any atom is -0.487 e. The largest absolute Gasteiger partial charge is 0.487 e. The number of hydrogen-bond donors (Lipinski definition) is 2. The van der Waals surface area contributed by atoms with E-state index in [0.717, 1.165) is 40.6 Å². The molecule has 0 saturated carbocycles. The van der Waals surface area contributed by atoms with Crippen molar-refractivity contribution < 1.29 is 22.7 Å². The van der Waals surface area contributed by atoms with Crippen molar-refractivity contribution in [2.45, 2.75) is 63.5 Å². The number of rotatable bonds is 11. The number of likely N-dealkylation sites (tertiary alicyclic amines) is 1. The molecule has 2 aliphatic heterocycles. The third kappa shape index (κ3) is 8.20. The first-order valence-corrected chi connectivity index (χ1v) is 19.5. The summed E-state index contributed by atoms with van der Waals surface area (Å²) in [6, 6.07) is 17.2. The predicted molar refractivity (Wildman–Crippen MR) is 203 cm³/mol. The van der Waals surface area contributed by atoms with Gasteiger partial charge < -0.3 is 20.8 Å². The smallest absolute Gasteiger partial charge is 0.245 e. The van der Waals surface area contributed by atoms with Crippen LogP contribution in [0.4, 0.5) is 0 Å². The number of aryl methyl sites for hydroxylation is 2. The minimum absolute atomic E-state index is 0.0431. The number of nitrogens with two attached hydrogens (primary N) is 1. The quantitative estimate of drug-likeness (QED) is 0.112. The highest BCUT2D eigenvalue weighted by atomic mass is 35.5. The summed E-state index contributed by atoms with van der Waals surface area (Å²) in [5, 5.41) is 7.68. The molecule has 2 saturated heterocycles. The van der Waals surface area contributed by atoms with Gasteiger partial charge in [-0.05, 0) is 86.4 Å². The normalized spacial score (nSPS) is 17.2. The molecule has 14 heteroatoms. The molecule has 2 amide bonds. The predicted octanol–water partition coefficient (Wildman–Crippen LogP) is 5.78. The minimum atomic E-state index is -4.17. The third-order valence-corrected chi connectivity index (χ3v) is 12.7. The molecular weight excluding hydrogens is 723 g/mol. The van der Waals surface area contributed by atoms with E-state index in [1.807, 2.05) is 61.2 Å². The first-order chi connectivity index (χ1) is 25.0. The zero-order chi connectivity index (χ0) is 37.0. The number of hydrogen-bond acceptors (Lipinski definition) is 8. The number of amides is 2. The Bertz CT molecular complexity index is 2100. The number of fused-ring (bicyclic) bond motifs is 1. The maximum absolute atomic E-state index is 14.1. The lowest BCUT2D eigenvalue weighted by Gasteiger charge is -2.32. The summed E-state index contributed by atoms with van der Waals surface area (Å²) in [7, 11) is -4.17. The van der Waals surface area contributed by atoms with E-state index in [2.05, 4.69) is 15.4 Å². The lowest BCUT2D eigenvalue weighted by Crippen LogP contribution is -2.48. The number of aromatic nitrogens is 1. The lowest BCUT2D eigenvalue weighted by atomic mass is 9.96. The van der Waals surface area contributed by atoms with Gasteiger partial charge in [0.2, 0.25) is 21.8 Å². The standard InChI is InChI=1S/C38H42Cl2N6O5S/c1-24-19-25(2)44-37-29(24)5-3-7-33(37)51-23-30-31(39)12-13-34(36(30)40)52(49,50)46-16-4-6-32(46)38(48)42-21-28-14-17-45(18-15-28)35(47)20-26-8-10-27(11-9-26)22-43-41/h3,5,7-13,19,22,28,32H,4,6,14-18,20-21,23,41H2,1-2H3,(H,42,48)/t32-/m0/s1. The Morgan fingerprint density at radius 3 is 2.52 bits per heavy atom. The van der Waals surface area contributed by atoms with E-state index < -0.39 is 16.1 Å². The van der Waals surface area contributed by atoms with Gasteiger partial charge in [0.15, 0.2) is 0 Å². The van der Waals surface area contributed by atoms with Crippen molar-refractivity contribution in [3.05, 3.63) is 98.7 Å². The van der Waals surface area contributed by atoms with E-state index in [1.54, 1.807) is 12.3 Å². The van der Waals surface area contributed by atoms with E-state index >= 15 is 0 Å². The van der Waals surface area contributed by atoms with Crippen molar-refractivity contribution in [1.82, 2.24) is 19.5 Å². The van der Waals surface area contributed by atoms with Crippen LogP contribution in [-0.2, 0) is 32.6 Å². The van der Waals surface area contributed by atoms with E-state index in [9.17, 15) is 18.0 Å². The van der Waals surface area contributed by atoms with Gasteiger partial charge in [-0.3, -0.25) is 9.59 Å². The summed E-state index contributed by atoms with van der Waals surface area (Å²) in [4.78, 5) is 32.8. The van der Waals surface area contributed by atoms with Crippen LogP contribution in [-0.4, -0.2) is 72.9 Å². The lowest BCUT2D eigenvalue weighted by molar-refractivity contribution is -0.132. The van der Waals surface area contributed by atoms with E-state index in [1.165, 1.54) is 16.4 Å². The molecular formula is C38H42Cl2N6O5S. The average Bonchev–Trinajstić information content (AvgIpc) is 3.63. The van der Waals surface area contributed by atoms with Crippen LogP contribution in [0.25, 0.3) is 10.9 Å². The number of para-hydroxylation sites is 1. The molecule has 3 N–H and O–H groups in total. The summed E-state index contributed by atoms with van der Waals surface area (Å²) in [6.45, 7) is 5.62. The van der Waals surface area contributed by atoms with Crippen LogP contribution in [0.5, 0.6) is 5.75 Å². The van der Waals surface area contributed by atoms with Gasteiger partial charge in [-0.15, -0.1) is 0 Å². The topological polar surface area (TPSA) is 147 Å². The van der Waals surface area contributed by atoms with Crippen LogP contribution < -0.4 is 15.9 Å². The van der Waals surface area contributed by atoms with Gasteiger partial charge >= 0.3 is 0 Å². The average molecular weight is 766 g/mol. The fourth-order valence-electron chi connectivity index (χ4n) is 6.99. The molecule has 1 aromatic heterocycles. The second-order valence-corrected chi connectivity index (χ2v) is 16.0. The molecule has 2 fully saturated rings. The van der Waals surface area contributed by atoms with Crippen molar-refractivity contribution in [2.24, 2.45) is 16.9 Å². The first-order valence-electron chi connectivity index (χ1n) is 17.3. The van der Waals surface area contributed by atoms with Crippen molar-refractivity contribution in [3.63, 3.8) is 0 Å². The fourth-order valence-corrected chi connectivity index (χ4v) is 9.51. The Hall–Kier alpha value is -4.23. The number of nitrogens with zero attached hydrogens (tertiary/aromatic N) is 4. The fraction of sp³-hybridized carbons (Fsp3) is 0.368. The van der Waals surface area contributed by atoms with Crippen LogP contribution in [0, 0.1) is 19.8 Å². The molecule has 3 heterocycles. The van der Waals surface area contributed by atoms with Crippen molar-refractivity contribution >= 4 is 62.2 Å². The maximum atomic E-state index is 14.1. The number of hydrazone groups is 1. The van der Waals surface area contributed by atoms with Crippen molar-refractivity contribution in [1.29, 1.82) is 0 Å². The van der Waals surface area contributed by atoms with Gasteiger partial charge in [0, 0.05) is 47.8 Å². The zero-order valence-corrected chi connectivity index (χ0v) is 31.5. The third-order valence-electron chi connectivity index (χ3n) is 9.84. The molecule has 4 aromatic rings. The van der Waals surface area contributed by atoms with Gasteiger partial charge in [-0.1, -0.05) is 59.6 Å². The summed E-state index contributed by atoms with van der Waals surface area (Å²) < 4.78 is 35.5. The molecule has 2 aliphatic rings. The highest BCUT2D eigenvalue weighted by Gasteiger charge is 2.41. The SMILES string of the molecule is Cc1cc(C)c2cccc(OCc3c(Cl)ccc(S(=O)(=O)N4CCC[C@H]4C(=O)NCC4CCN(C(=O)Cc5ccc(C=NN)cc5)CC4)c3Cl)c2n1. The van der Waals surface area contributed by atoms with Crippen LogP contribution in [0.2, 0.25) is 10.0 Å². The number of sulfonamides is 1. The van der Waals surface area contributed by atoms with Crippen LogP contribution >= 0.6 is 23.2 Å². The number of carbonyl (C=O) groups excluding carboxylic acids is 2. The maximum Gasteiger partial charge on any atom is 0.245 e. The molecule has 274 valence electrons. The molecule has 0 spiro atoms. The number of piperidine rings is 1. The van der Waals surface area contributed by atoms with Gasteiger partial charge in [-0.2, -0.15) is 9.41 Å². The Labute approximate surface area is 314 Å². The number of halogens is 2. The molecule has 3 aromatic carbocycles. The molecule has 0 aliphatic carbocycles. The second kappa shape index (κ2) is 16.2. The Morgan fingerprint density at radius 1 is 1.04 bits per heavy atom. The zero-order valence-electron chi connectivity index (χ0n) is 29.1. The molecule has 6 rings (SSSR count). The molecule has 52 heavy (non-hydrogen) atoms. The van der Waals surface area contributed by atoms with Crippen LogP contribution in [0.1, 0.15) is 53.6 Å². The van der Waals surface area contributed by atoms with Gasteiger partial charge in [0.05, 0.1) is 17.7 Å². The number of pyridine rings is 1. The Balaban J connectivity index is 1.06. The Kier molecular flexibility index (Phi) is 11.7. The molecule has 0 unspecified atom stereocenters. The highest BCUT2D eigenvalue weighted by Crippen LogP contribution is 2.37. The number of nitrogens with one attached hydrogen (secondary N) is 1. The monoisotopic (exact) mass is 764 g/mol. The summed E-state index contributed by atoms with van der Waals surface area (Å²) in [6.07, 6.45) is 4.27. The van der Waals surface area contributed by atoms with Gasteiger partial charge in [0.1, 0.15) is 28.8 Å². The molecule has 0 bridgehead atoms. The summed E-state index contributed by atoms with van der Waals surface area (Å²) in [5.74, 6) is 5.62. The van der Waals surface area contributed by atoms with Gasteiger partial charge in [-0.25, -0.2) is 13.4 Å². The number of ether oxygens (including phenoxy) is 1. The van der Waals surface area contributed by atoms with Crippen LogP contribution in [0.3, 0.4) is 0 Å². The van der Waals surface area contributed by atoms with E-state index in [-0.39, 0.29) is 45.8 Å². The van der Waals surface area contributed by atoms with E-state index in [0.29, 0.717) is 55.7 Å². The van der Waals surface area contributed by atoms with E-state index in [4.69, 9.17) is 33.8 Å². The van der Waals surface area contributed by atoms with Crippen LogP contribution in [0.15, 0.2) is 70.7 Å². The molecule has 11 nitrogen and oxygen atoms in total. The molecule has 0 radical (unpaired) electrons.